The molecule has 31 heavy (non-hydrogen) atoms. The molecule has 0 amide bonds. The van der Waals surface area contributed by atoms with Crippen LogP contribution >= 0.6 is 15.9 Å². The van der Waals surface area contributed by atoms with E-state index >= 15 is 0 Å². The normalized spacial score (nSPS) is 14.9. The van der Waals surface area contributed by atoms with E-state index in [0.29, 0.717) is 29.3 Å². The van der Waals surface area contributed by atoms with Gasteiger partial charge in [-0.25, -0.2) is 5.43 Å². The lowest BCUT2D eigenvalue weighted by molar-refractivity contribution is 0.174. The summed E-state index contributed by atoms with van der Waals surface area (Å²) in [4.78, 5) is 15.8. The minimum atomic E-state index is 0.224. The Morgan fingerprint density at radius 1 is 0.968 bits per heavy atom. The Morgan fingerprint density at radius 3 is 2.52 bits per heavy atom. The van der Waals surface area contributed by atoms with Crippen LogP contribution < -0.4 is 25.1 Å². The lowest BCUT2D eigenvalue weighted by Gasteiger charge is -2.16. The van der Waals surface area contributed by atoms with Crippen molar-refractivity contribution < 1.29 is 9.47 Å². The van der Waals surface area contributed by atoms with E-state index in [0.717, 1.165) is 41.7 Å². The first-order chi connectivity index (χ1) is 15.2. The fourth-order valence-corrected chi connectivity index (χ4v) is 3.80. The molecular formula is C21H20BrN7O2. The molecule has 9 nitrogen and oxygen atoms in total. The smallest absolute Gasteiger partial charge is 0.250 e. The second kappa shape index (κ2) is 8.76. The predicted molar refractivity (Wildman–Crippen MR) is 122 cm³/mol. The van der Waals surface area contributed by atoms with Crippen LogP contribution in [0.2, 0.25) is 0 Å². The topological polar surface area (TPSA) is 96.8 Å². The van der Waals surface area contributed by atoms with Crippen molar-refractivity contribution in [1.29, 1.82) is 0 Å². The third-order valence-corrected chi connectivity index (χ3v) is 5.59. The van der Waals surface area contributed by atoms with Crippen LogP contribution in [0.15, 0.2) is 52.0 Å². The molecule has 0 radical (unpaired) electrons. The third-order valence-electron chi connectivity index (χ3n) is 4.90. The molecule has 3 aromatic rings. The summed E-state index contributed by atoms with van der Waals surface area (Å²) in [5.74, 6) is 2.86. The summed E-state index contributed by atoms with van der Waals surface area (Å²) >= 11 is 3.53. The summed E-state index contributed by atoms with van der Waals surface area (Å²) in [6, 6.07) is 13.5. The number of para-hydroxylation sites is 1. The summed E-state index contributed by atoms with van der Waals surface area (Å²) in [6.45, 7) is 2.09. The van der Waals surface area contributed by atoms with Gasteiger partial charge in [0.1, 0.15) is 0 Å². The summed E-state index contributed by atoms with van der Waals surface area (Å²) in [5, 5.41) is 7.55. The Kier molecular flexibility index (Phi) is 5.53. The van der Waals surface area contributed by atoms with E-state index < -0.39 is 0 Å². The molecule has 0 saturated carbocycles. The van der Waals surface area contributed by atoms with Gasteiger partial charge in [0.05, 0.1) is 6.21 Å². The van der Waals surface area contributed by atoms with E-state index in [9.17, 15) is 0 Å². The summed E-state index contributed by atoms with van der Waals surface area (Å²) < 4.78 is 11.7. The van der Waals surface area contributed by atoms with E-state index in [1.54, 1.807) is 6.21 Å². The van der Waals surface area contributed by atoms with Gasteiger partial charge in [0.2, 0.25) is 24.6 Å². The number of anilines is 4. The number of halogens is 1. The third kappa shape index (κ3) is 4.53. The van der Waals surface area contributed by atoms with Gasteiger partial charge in [-0.3, -0.25) is 0 Å². The van der Waals surface area contributed by atoms with Gasteiger partial charge in [-0.15, -0.1) is 0 Å². The summed E-state index contributed by atoms with van der Waals surface area (Å²) in [5.41, 5.74) is 4.67. The lowest BCUT2D eigenvalue weighted by Crippen LogP contribution is -2.21. The maximum absolute atomic E-state index is 5.43. The van der Waals surface area contributed by atoms with Gasteiger partial charge < -0.3 is 19.7 Å². The standard InChI is InChI=1S/C21H20BrN7O2/c22-16-11-18-17(30-13-31-18)10-14(16)12-23-28-20-25-19(24-15-6-2-1-3-7-15)26-21(27-20)29-8-4-5-9-29/h1-3,6-7,10-12H,4-5,8-9,13H2,(H2,24,25,26,27,28)/b23-12-. The highest BCUT2D eigenvalue weighted by atomic mass is 79.9. The first kappa shape index (κ1) is 19.6. The molecule has 0 aliphatic carbocycles. The van der Waals surface area contributed by atoms with Crippen LogP contribution in [0.4, 0.5) is 23.5 Å². The zero-order chi connectivity index (χ0) is 21.0. The highest BCUT2D eigenvalue weighted by molar-refractivity contribution is 9.10. The van der Waals surface area contributed by atoms with Gasteiger partial charge in [-0.1, -0.05) is 18.2 Å². The Bertz CT molecular complexity index is 1100. The quantitative estimate of drug-likeness (QED) is 0.400. The zero-order valence-electron chi connectivity index (χ0n) is 16.6. The van der Waals surface area contributed by atoms with Gasteiger partial charge in [0, 0.05) is 28.8 Å². The number of ether oxygens (including phenoxy) is 2. The van der Waals surface area contributed by atoms with Crippen molar-refractivity contribution in [1.82, 2.24) is 15.0 Å². The van der Waals surface area contributed by atoms with E-state index in [4.69, 9.17) is 9.47 Å². The molecule has 1 fully saturated rings. The molecule has 2 aliphatic heterocycles. The van der Waals surface area contributed by atoms with Crippen LogP contribution in [0.3, 0.4) is 0 Å². The molecule has 5 rings (SSSR count). The minimum absolute atomic E-state index is 0.224. The predicted octanol–water partition coefficient (Wildman–Crippen LogP) is 4.15. The van der Waals surface area contributed by atoms with Crippen LogP contribution in [-0.2, 0) is 0 Å². The number of aromatic nitrogens is 3. The molecule has 1 aromatic heterocycles. The van der Waals surface area contributed by atoms with Crippen molar-refractivity contribution in [2.24, 2.45) is 5.10 Å². The minimum Gasteiger partial charge on any atom is -0.454 e. The van der Waals surface area contributed by atoms with Gasteiger partial charge in [0.25, 0.3) is 0 Å². The van der Waals surface area contributed by atoms with Crippen LogP contribution in [0, 0.1) is 0 Å². The Balaban J connectivity index is 1.38. The van der Waals surface area contributed by atoms with Crippen LogP contribution in [0.5, 0.6) is 11.5 Å². The van der Waals surface area contributed by atoms with Crippen molar-refractivity contribution in [2.75, 3.05) is 35.5 Å². The molecule has 0 spiro atoms. The van der Waals surface area contributed by atoms with Crippen molar-refractivity contribution in [3.8, 4) is 11.5 Å². The van der Waals surface area contributed by atoms with E-state index in [1.807, 2.05) is 42.5 Å². The fourth-order valence-electron chi connectivity index (χ4n) is 3.37. The second-order valence-corrected chi connectivity index (χ2v) is 7.92. The van der Waals surface area contributed by atoms with E-state index in [2.05, 4.69) is 51.6 Å². The van der Waals surface area contributed by atoms with Gasteiger partial charge in [-0.05, 0) is 53.0 Å². The number of hydrogen-bond acceptors (Lipinski definition) is 9. The summed E-state index contributed by atoms with van der Waals surface area (Å²) in [6.07, 6.45) is 3.94. The highest BCUT2D eigenvalue weighted by Crippen LogP contribution is 2.36. The number of nitrogens with zero attached hydrogens (tertiary/aromatic N) is 5. The van der Waals surface area contributed by atoms with Gasteiger partial charge in [-0.2, -0.15) is 20.1 Å². The molecule has 158 valence electrons. The number of benzene rings is 2. The van der Waals surface area contributed by atoms with Crippen molar-refractivity contribution in [3.63, 3.8) is 0 Å². The van der Waals surface area contributed by atoms with Crippen LogP contribution in [-0.4, -0.2) is 41.0 Å². The number of rotatable bonds is 6. The van der Waals surface area contributed by atoms with Gasteiger partial charge >= 0.3 is 0 Å². The number of hydrogen-bond donors (Lipinski definition) is 2. The molecule has 2 aromatic carbocycles. The van der Waals surface area contributed by atoms with Crippen molar-refractivity contribution in [3.05, 3.63) is 52.5 Å². The first-order valence-electron chi connectivity index (χ1n) is 9.96. The number of nitrogens with one attached hydrogen (secondary N) is 2. The van der Waals surface area contributed by atoms with Crippen LogP contribution in [0.25, 0.3) is 0 Å². The SMILES string of the molecule is Brc1cc2c(cc1/C=N\Nc1nc(Nc3ccccc3)nc(N3CCCC3)n1)OCO2. The molecular weight excluding hydrogens is 462 g/mol. The van der Waals surface area contributed by atoms with Crippen LogP contribution in [0.1, 0.15) is 18.4 Å². The fraction of sp³-hybridized carbons (Fsp3) is 0.238. The number of hydrazone groups is 1. The lowest BCUT2D eigenvalue weighted by atomic mass is 10.2. The van der Waals surface area contributed by atoms with Crippen molar-refractivity contribution in [2.45, 2.75) is 12.8 Å². The maximum Gasteiger partial charge on any atom is 0.250 e. The van der Waals surface area contributed by atoms with Gasteiger partial charge in [0.15, 0.2) is 11.5 Å². The zero-order valence-corrected chi connectivity index (χ0v) is 18.2. The van der Waals surface area contributed by atoms with Crippen molar-refractivity contribution >= 4 is 45.7 Å². The molecule has 1 saturated heterocycles. The average Bonchev–Trinajstić information content (AvgIpc) is 3.46. The summed E-state index contributed by atoms with van der Waals surface area (Å²) in [7, 11) is 0. The highest BCUT2D eigenvalue weighted by Gasteiger charge is 2.18. The van der Waals surface area contributed by atoms with E-state index in [-0.39, 0.29) is 6.79 Å². The molecule has 0 atom stereocenters. The molecule has 2 aliphatic rings. The molecule has 10 heteroatoms. The largest absolute Gasteiger partial charge is 0.454 e. The number of fused-ring (bicyclic) bond motifs is 1. The monoisotopic (exact) mass is 481 g/mol. The second-order valence-electron chi connectivity index (χ2n) is 7.06. The first-order valence-corrected chi connectivity index (χ1v) is 10.8. The Hall–Kier alpha value is -3.40. The molecule has 0 bridgehead atoms. The molecule has 2 N–H and O–H groups in total. The maximum atomic E-state index is 5.43. The Morgan fingerprint density at radius 2 is 1.71 bits per heavy atom. The average molecular weight is 482 g/mol. The van der Waals surface area contributed by atoms with E-state index in [1.165, 1.54) is 0 Å². The molecule has 3 heterocycles. The Labute approximate surface area is 187 Å². The molecule has 0 unspecified atom stereocenters.